The smallest absolute Gasteiger partial charge is 0.325 e. The molecular formula is C14H15BrF2N4O3. The van der Waals surface area contributed by atoms with Crippen molar-refractivity contribution in [3.05, 3.63) is 10.8 Å². The largest absolute Gasteiger partial charge is 0.375 e. The van der Waals surface area contributed by atoms with Gasteiger partial charge < -0.3 is 10.6 Å². The molecule has 1 saturated carbocycles. The molecule has 3 aliphatic rings. The Balaban J connectivity index is 1.67. The Hall–Kier alpha value is -1.84. The lowest BCUT2D eigenvalue weighted by molar-refractivity contribution is -0.138. The van der Waals surface area contributed by atoms with E-state index in [1.165, 1.54) is 12.4 Å². The number of ketones is 1. The summed E-state index contributed by atoms with van der Waals surface area (Å²) in [6, 6.07) is -1.47. The third kappa shape index (κ3) is 3.06. The number of nitrogens with zero attached hydrogens (tertiary/aromatic N) is 2. The van der Waals surface area contributed by atoms with E-state index in [1.807, 2.05) is 0 Å². The first-order valence-electron chi connectivity index (χ1n) is 7.43. The molecule has 10 heteroatoms. The van der Waals surface area contributed by atoms with Gasteiger partial charge in [-0.25, -0.2) is 18.6 Å². The van der Waals surface area contributed by atoms with E-state index in [0.717, 1.165) is 4.90 Å². The van der Waals surface area contributed by atoms with Crippen LogP contribution >= 0.6 is 15.9 Å². The second kappa shape index (κ2) is 5.91. The zero-order valence-corrected chi connectivity index (χ0v) is 14.1. The number of amides is 3. The Kier molecular flexibility index (Phi) is 4.18. The molecule has 130 valence electrons. The lowest BCUT2D eigenvalue weighted by Gasteiger charge is -2.34. The Morgan fingerprint density at radius 3 is 2.58 bits per heavy atom. The molecule has 0 aromatic rings. The maximum Gasteiger partial charge on any atom is 0.325 e. The van der Waals surface area contributed by atoms with Crippen LogP contribution in [-0.4, -0.2) is 52.9 Å². The predicted octanol–water partition coefficient (Wildman–Crippen LogP) is 1.29. The van der Waals surface area contributed by atoms with Crippen LogP contribution in [0.1, 0.15) is 25.7 Å². The molecule has 2 fully saturated rings. The highest BCUT2D eigenvalue weighted by molar-refractivity contribution is 9.11. The molecule has 24 heavy (non-hydrogen) atoms. The summed E-state index contributed by atoms with van der Waals surface area (Å²) in [6.45, 7) is -0.433. The molecule has 2 N–H and O–H groups in total. The van der Waals surface area contributed by atoms with E-state index in [0.29, 0.717) is 4.61 Å². The van der Waals surface area contributed by atoms with Crippen LogP contribution in [0.5, 0.6) is 0 Å². The summed E-state index contributed by atoms with van der Waals surface area (Å²) < 4.78 is 27.2. The third-order valence-electron chi connectivity index (χ3n) is 4.47. The lowest BCUT2D eigenvalue weighted by Crippen LogP contribution is -2.52. The summed E-state index contributed by atoms with van der Waals surface area (Å²) in [4.78, 5) is 41.6. The zero-order chi connectivity index (χ0) is 17.5. The molecule has 0 bridgehead atoms. The molecule has 1 aliphatic carbocycles. The second-order valence-electron chi connectivity index (χ2n) is 6.12. The number of halogens is 3. The van der Waals surface area contributed by atoms with Crippen LogP contribution in [-0.2, 0) is 9.59 Å². The van der Waals surface area contributed by atoms with Crippen LogP contribution < -0.4 is 10.6 Å². The summed E-state index contributed by atoms with van der Waals surface area (Å²) in [6.07, 6.45) is 1.66. The van der Waals surface area contributed by atoms with Crippen molar-refractivity contribution in [1.82, 2.24) is 15.5 Å². The Labute approximate surface area is 144 Å². The van der Waals surface area contributed by atoms with Crippen LogP contribution in [0.2, 0.25) is 0 Å². The van der Waals surface area contributed by atoms with Gasteiger partial charge in [0, 0.05) is 25.3 Å². The van der Waals surface area contributed by atoms with Gasteiger partial charge in [0.05, 0.1) is 6.54 Å². The fourth-order valence-corrected chi connectivity index (χ4v) is 3.27. The monoisotopic (exact) mass is 404 g/mol. The fraction of sp³-hybridized carbons (Fsp3) is 0.571. The number of hydrogen-bond donors (Lipinski definition) is 2. The van der Waals surface area contributed by atoms with E-state index >= 15 is 0 Å². The van der Waals surface area contributed by atoms with Gasteiger partial charge in [-0.15, -0.1) is 0 Å². The number of urea groups is 1. The minimum absolute atomic E-state index is 0.131. The number of carbonyl (C=O) groups excluding carboxylic acids is 3. The van der Waals surface area contributed by atoms with E-state index in [1.54, 1.807) is 0 Å². The molecule has 1 saturated heterocycles. The van der Waals surface area contributed by atoms with Crippen molar-refractivity contribution in [2.24, 2.45) is 4.99 Å². The molecule has 2 aliphatic heterocycles. The number of alkyl halides is 2. The van der Waals surface area contributed by atoms with Crippen LogP contribution in [0.15, 0.2) is 15.8 Å². The summed E-state index contributed by atoms with van der Waals surface area (Å²) in [5.74, 6) is -3.85. The predicted molar refractivity (Wildman–Crippen MR) is 83.8 cm³/mol. The van der Waals surface area contributed by atoms with E-state index in [2.05, 4.69) is 31.6 Å². The number of nitrogens with one attached hydrogen (secondary N) is 2. The van der Waals surface area contributed by atoms with Gasteiger partial charge in [-0.3, -0.25) is 14.5 Å². The van der Waals surface area contributed by atoms with E-state index in [4.69, 9.17) is 0 Å². The van der Waals surface area contributed by atoms with E-state index in [-0.39, 0.29) is 12.8 Å². The van der Waals surface area contributed by atoms with Gasteiger partial charge in [0.2, 0.25) is 5.92 Å². The first-order chi connectivity index (χ1) is 11.2. The minimum atomic E-state index is -2.82. The van der Waals surface area contributed by atoms with E-state index in [9.17, 15) is 23.2 Å². The van der Waals surface area contributed by atoms with Crippen LogP contribution in [0.25, 0.3) is 0 Å². The molecule has 7 nitrogen and oxygen atoms in total. The average Bonchev–Trinajstić information content (AvgIpc) is 2.76. The van der Waals surface area contributed by atoms with Crippen molar-refractivity contribution < 1.29 is 23.2 Å². The van der Waals surface area contributed by atoms with E-state index < -0.39 is 54.6 Å². The lowest BCUT2D eigenvalue weighted by atomic mass is 9.80. The number of rotatable bonds is 3. The topological polar surface area (TPSA) is 90.9 Å². The molecule has 2 heterocycles. The van der Waals surface area contributed by atoms with Crippen molar-refractivity contribution in [3.63, 3.8) is 0 Å². The zero-order valence-electron chi connectivity index (χ0n) is 12.5. The highest BCUT2D eigenvalue weighted by Crippen LogP contribution is 2.41. The maximum atomic E-state index is 13.3. The first-order valence-corrected chi connectivity index (χ1v) is 8.22. The van der Waals surface area contributed by atoms with Gasteiger partial charge in [0.15, 0.2) is 5.78 Å². The maximum absolute atomic E-state index is 13.3. The van der Waals surface area contributed by atoms with Gasteiger partial charge in [-0.2, -0.15) is 0 Å². The summed E-state index contributed by atoms with van der Waals surface area (Å²) >= 11 is 3.13. The normalized spacial score (nSPS) is 27.7. The average molecular weight is 405 g/mol. The van der Waals surface area contributed by atoms with Crippen molar-refractivity contribution in [1.29, 1.82) is 0 Å². The molecule has 0 aromatic heterocycles. The highest BCUT2D eigenvalue weighted by Gasteiger charge is 2.55. The van der Waals surface area contributed by atoms with Gasteiger partial charge in [-0.05, 0) is 28.8 Å². The minimum Gasteiger partial charge on any atom is -0.375 e. The standard InChI is InChI=1S/C14H15BrF2N4O3/c15-10-6-18-8(5-19-10)9(22)7-21-11(23)13(20-12(21)24)1-3-14(16,17)4-2-13/h5-6,8,18H,1-4,7H2,(H,20,24). The third-order valence-corrected chi connectivity index (χ3v) is 4.90. The van der Waals surface area contributed by atoms with Crippen molar-refractivity contribution in [2.75, 3.05) is 6.54 Å². The summed E-state index contributed by atoms with van der Waals surface area (Å²) in [7, 11) is 0. The van der Waals surface area contributed by atoms with Crippen LogP contribution in [0, 0.1) is 0 Å². The molecule has 3 amide bonds. The fourth-order valence-electron chi connectivity index (χ4n) is 3.02. The molecule has 3 rings (SSSR count). The highest BCUT2D eigenvalue weighted by atomic mass is 79.9. The number of hydrogen-bond acceptors (Lipinski definition) is 5. The molecule has 1 unspecified atom stereocenters. The number of imide groups is 1. The number of carbonyl (C=O) groups is 3. The SMILES string of the molecule is O=C(CN1C(=O)NC2(CCC(F)(F)CC2)C1=O)C1C=NC(Br)=CN1. The Bertz CT molecular complexity index is 654. The first kappa shape index (κ1) is 17.0. The molecular weight excluding hydrogens is 390 g/mol. The Morgan fingerprint density at radius 1 is 1.33 bits per heavy atom. The van der Waals surface area contributed by atoms with Crippen molar-refractivity contribution in [2.45, 2.75) is 43.2 Å². The summed E-state index contributed by atoms with van der Waals surface area (Å²) in [5, 5.41) is 5.28. The number of Topliss-reactive ketones (excluding diaryl/α,β-unsaturated/α-hetero) is 1. The Morgan fingerprint density at radius 2 is 2.00 bits per heavy atom. The van der Waals surface area contributed by atoms with Gasteiger partial charge in [-0.1, -0.05) is 0 Å². The molecule has 0 aromatic carbocycles. The van der Waals surface area contributed by atoms with Crippen molar-refractivity contribution >= 4 is 39.9 Å². The molecule has 0 radical (unpaired) electrons. The molecule has 1 atom stereocenters. The van der Waals surface area contributed by atoms with Gasteiger partial charge in [0.25, 0.3) is 5.91 Å². The number of aliphatic imine (C=N–C) groups is 1. The molecule has 1 spiro atoms. The van der Waals surface area contributed by atoms with Crippen LogP contribution in [0.3, 0.4) is 0 Å². The summed E-state index contributed by atoms with van der Waals surface area (Å²) in [5.41, 5.74) is -1.31. The second-order valence-corrected chi connectivity index (χ2v) is 6.93. The van der Waals surface area contributed by atoms with Crippen molar-refractivity contribution in [3.8, 4) is 0 Å². The van der Waals surface area contributed by atoms with Crippen LogP contribution in [0.4, 0.5) is 13.6 Å². The van der Waals surface area contributed by atoms with Gasteiger partial charge >= 0.3 is 6.03 Å². The van der Waals surface area contributed by atoms with Gasteiger partial charge in [0.1, 0.15) is 16.2 Å². The quantitative estimate of drug-likeness (QED) is 0.547.